The average Bonchev–Trinajstić information content (AvgIpc) is 2.59. The molecule has 0 bridgehead atoms. The summed E-state index contributed by atoms with van der Waals surface area (Å²) >= 11 is 0. The van der Waals surface area contributed by atoms with Crippen molar-refractivity contribution in [3.05, 3.63) is 18.0 Å². The molecular formula is C17H18F6N2O4. The Morgan fingerprint density at radius 1 is 1.07 bits per heavy atom. The minimum atomic E-state index is -4.83. The van der Waals surface area contributed by atoms with Gasteiger partial charge in [-0.3, -0.25) is 9.59 Å². The Balaban J connectivity index is 2.28. The lowest BCUT2D eigenvalue weighted by molar-refractivity contribution is -0.225. The van der Waals surface area contributed by atoms with E-state index in [4.69, 9.17) is 9.47 Å². The zero-order valence-corrected chi connectivity index (χ0v) is 15.4. The second-order valence-electron chi connectivity index (χ2n) is 6.64. The van der Waals surface area contributed by atoms with E-state index in [0.717, 1.165) is 13.1 Å². The Hall–Kier alpha value is -2.53. The van der Waals surface area contributed by atoms with Crippen LogP contribution in [0.25, 0.3) is 0 Å². The number of hydrogen-bond acceptors (Lipinski definition) is 5. The van der Waals surface area contributed by atoms with Crippen molar-refractivity contribution in [1.29, 1.82) is 0 Å². The van der Waals surface area contributed by atoms with Crippen LogP contribution in [0.3, 0.4) is 0 Å². The molecule has 1 N–H and O–H groups in total. The van der Waals surface area contributed by atoms with Gasteiger partial charge < -0.3 is 14.8 Å². The Kier molecular flexibility index (Phi) is 6.63. The van der Waals surface area contributed by atoms with E-state index in [-0.39, 0.29) is 11.5 Å². The molecule has 6 nitrogen and oxygen atoms in total. The first-order chi connectivity index (χ1) is 13.3. The molecule has 3 atom stereocenters. The summed E-state index contributed by atoms with van der Waals surface area (Å²) in [5.41, 5.74) is -0.489. The lowest BCUT2D eigenvalue weighted by Crippen LogP contribution is -2.47. The highest BCUT2D eigenvalue weighted by molar-refractivity contribution is 5.96. The monoisotopic (exact) mass is 428 g/mol. The highest BCUT2D eigenvalue weighted by Crippen LogP contribution is 2.45. The number of ether oxygens (including phenoxy) is 2. The predicted octanol–water partition coefficient (Wildman–Crippen LogP) is 3.65. The number of alkyl halides is 6. The Morgan fingerprint density at radius 3 is 2.07 bits per heavy atom. The van der Waals surface area contributed by atoms with E-state index in [2.05, 4.69) is 10.3 Å². The van der Waals surface area contributed by atoms with Crippen LogP contribution in [0.5, 0.6) is 11.5 Å². The van der Waals surface area contributed by atoms with Crippen LogP contribution < -0.4 is 14.8 Å². The Morgan fingerprint density at radius 2 is 1.62 bits per heavy atom. The first-order valence-corrected chi connectivity index (χ1v) is 8.48. The summed E-state index contributed by atoms with van der Waals surface area (Å²) in [6.45, 7) is 1.04. The molecule has 1 heterocycles. The Bertz CT molecular complexity index is 743. The van der Waals surface area contributed by atoms with Crippen molar-refractivity contribution < 1.29 is 45.4 Å². The molecule has 0 radical (unpaired) electrons. The number of carbonyl (C=O) groups excluding carboxylic acids is 2. The number of pyridine rings is 1. The van der Waals surface area contributed by atoms with E-state index >= 15 is 0 Å². The lowest BCUT2D eigenvalue weighted by Gasteiger charge is -2.36. The smallest absolute Gasteiger partial charge is 0.391 e. The van der Waals surface area contributed by atoms with Crippen molar-refractivity contribution in [1.82, 2.24) is 10.3 Å². The second-order valence-corrected chi connectivity index (χ2v) is 6.64. The van der Waals surface area contributed by atoms with E-state index in [1.807, 2.05) is 0 Å². The molecule has 2 rings (SSSR count). The van der Waals surface area contributed by atoms with Gasteiger partial charge in [-0.1, -0.05) is 0 Å². The zero-order valence-electron chi connectivity index (χ0n) is 15.4. The van der Waals surface area contributed by atoms with Gasteiger partial charge in [-0.05, 0) is 19.3 Å². The van der Waals surface area contributed by atoms with Crippen molar-refractivity contribution in [3.8, 4) is 11.5 Å². The van der Waals surface area contributed by atoms with Gasteiger partial charge in [-0.15, -0.1) is 0 Å². The standard InChI is InChI=1S/C17H18F6N2O4/c1-8(26)29-14-12(28-2)3-4-24-13(14)15(27)25-11-6-9(16(18,19)20)5-10(7-11)17(21,22)23/h3-4,9-11H,5-7H2,1-2H3,(H,25,27)/t9-,10+,11+. The highest BCUT2D eigenvalue weighted by atomic mass is 19.4. The van der Waals surface area contributed by atoms with Gasteiger partial charge in [0, 0.05) is 25.2 Å². The largest absolute Gasteiger partial charge is 0.493 e. The molecular weight excluding hydrogens is 410 g/mol. The minimum absolute atomic E-state index is 0.0506. The summed E-state index contributed by atoms with van der Waals surface area (Å²) in [7, 11) is 1.22. The maximum absolute atomic E-state index is 13.1. The molecule has 1 aliphatic carbocycles. The lowest BCUT2D eigenvalue weighted by atomic mass is 9.77. The Labute approximate surface area is 161 Å². The molecule has 162 valence electrons. The van der Waals surface area contributed by atoms with Gasteiger partial charge in [0.2, 0.25) is 5.75 Å². The normalized spacial score (nSPS) is 22.7. The van der Waals surface area contributed by atoms with Gasteiger partial charge in [-0.2, -0.15) is 26.3 Å². The first kappa shape index (κ1) is 22.8. The summed E-state index contributed by atoms with van der Waals surface area (Å²) in [5, 5.41) is 2.16. The minimum Gasteiger partial charge on any atom is -0.493 e. The third kappa shape index (κ3) is 5.73. The SMILES string of the molecule is COc1ccnc(C(=O)N[C@@H]2C[C@@H](C(F)(F)F)C[C@@H](C(F)(F)F)C2)c1OC(C)=O. The van der Waals surface area contributed by atoms with Crippen LogP contribution in [0.2, 0.25) is 0 Å². The number of halogens is 6. The van der Waals surface area contributed by atoms with Crippen molar-refractivity contribution in [2.45, 2.75) is 44.6 Å². The highest BCUT2D eigenvalue weighted by Gasteiger charge is 2.52. The fraction of sp³-hybridized carbons (Fsp3) is 0.588. The van der Waals surface area contributed by atoms with Crippen molar-refractivity contribution in [2.24, 2.45) is 11.8 Å². The maximum atomic E-state index is 13.1. The molecule has 1 aromatic rings. The van der Waals surface area contributed by atoms with Crippen molar-refractivity contribution in [3.63, 3.8) is 0 Å². The molecule has 29 heavy (non-hydrogen) atoms. The summed E-state index contributed by atoms with van der Waals surface area (Å²) in [4.78, 5) is 27.5. The number of rotatable bonds is 4. The number of nitrogens with zero attached hydrogens (tertiary/aromatic N) is 1. The van der Waals surface area contributed by atoms with Crippen LogP contribution in [0, 0.1) is 11.8 Å². The molecule has 1 fully saturated rings. The number of methoxy groups -OCH3 is 1. The summed E-state index contributed by atoms with van der Waals surface area (Å²) in [5.74, 6) is -6.74. The topological polar surface area (TPSA) is 77.5 Å². The van der Waals surface area contributed by atoms with Gasteiger partial charge >= 0.3 is 18.3 Å². The van der Waals surface area contributed by atoms with Crippen molar-refractivity contribution >= 4 is 11.9 Å². The summed E-state index contributed by atoms with van der Waals surface area (Å²) < 4.78 is 88.3. The molecule has 12 heteroatoms. The fourth-order valence-electron chi connectivity index (χ4n) is 3.22. The fourth-order valence-corrected chi connectivity index (χ4v) is 3.22. The van der Waals surface area contributed by atoms with E-state index < -0.39 is 67.1 Å². The average molecular weight is 428 g/mol. The van der Waals surface area contributed by atoms with E-state index in [1.54, 1.807) is 0 Å². The van der Waals surface area contributed by atoms with Gasteiger partial charge in [-0.25, -0.2) is 4.98 Å². The summed E-state index contributed by atoms with van der Waals surface area (Å²) in [6.07, 6.45) is -11.0. The van der Waals surface area contributed by atoms with Gasteiger partial charge in [0.25, 0.3) is 5.91 Å². The number of esters is 1. The quantitative estimate of drug-likeness (QED) is 0.585. The molecule has 1 amide bonds. The van der Waals surface area contributed by atoms with Crippen LogP contribution >= 0.6 is 0 Å². The van der Waals surface area contributed by atoms with Gasteiger partial charge in [0.05, 0.1) is 18.9 Å². The molecule has 0 unspecified atom stereocenters. The van der Waals surface area contributed by atoms with E-state index in [1.165, 1.54) is 13.2 Å². The predicted molar refractivity (Wildman–Crippen MR) is 86.3 cm³/mol. The maximum Gasteiger partial charge on any atom is 0.391 e. The van der Waals surface area contributed by atoms with Gasteiger partial charge in [0.15, 0.2) is 11.4 Å². The number of hydrogen-bond donors (Lipinski definition) is 1. The third-order valence-corrected chi connectivity index (χ3v) is 4.52. The number of nitrogens with one attached hydrogen (secondary N) is 1. The number of amides is 1. The second kappa shape index (κ2) is 8.46. The van der Waals surface area contributed by atoms with E-state index in [9.17, 15) is 35.9 Å². The molecule has 1 aromatic heterocycles. The zero-order chi connectivity index (χ0) is 22.0. The number of carbonyl (C=O) groups is 2. The molecule has 0 aliphatic heterocycles. The molecule has 0 aromatic carbocycles. The summed E-state index contributed by atoms with van der Waals surface area (Å²) in [6, 6.07) is -0.123. The third-order valence-electron chi connectivity index (χ3n) is 4.52. The van der Waals surface area contributed by atoms with Crippen molar-refractivity contribution in [2.75, 3.05) is 7.11 Å². The number of aromatic nitrogens is 1. The molecule has 1 aliphatic rings. The van der Waals surface area contributed by atoms with Crippen LogP contribution in [0.15, 0.2) is 12.3 Å². The molecule has 1 saturated carbocycles. The van der Waals surface area contributed by atoms with Crippen LogP contribution in [0.1, 0.15) is 36.7 Å². The van der Waals surface area contributed by atoms with E-state index in [0.29, 0.717) is 0 Å². The first-order valence-electron chi connectivity index (χ1n) is 8.48. The van der Waals surface area contributed by atoms with Crippen LogP contribution in [-0.4, -0.2) is 42.4 Å². The van der Waals surface area contributed by atoms with Crippen LogP contribution in [0.4, 0.5) is 26.3 Å². The van der Waals surface area contributed by atoms with Gasteiger partial charge in [0.1, 0.15) is 0 Å². The molecule has 0 saturated heterocycles. The molecule has 0 spiro atoms. The van der Waals surface area contributed by atoms with Crippen LogP contribution in [-0.2, 0) is 4.79 Å².